The lowest BCUT2D eigenvalue weighted by Crippen LogP contribution is -2.76. The van der Waals surface area contributed by atoms with Gasteiger partial charge in [-0.3, -0.25) is 14.5 Å². The largest absolute Gasteiger partial charge is 0.488 e. The van der Waals surface area contributed by atoms with Crippen molar-refractivity contribution in [2.75, 3.05) is 131 Å². The van der Waals surface area contributed by atoms with Crippen LogP contribution in [0.1, 0.15) is 38.8 Å². The highest BCUT2D eigenvalue weighted by atomic mass is 127. The molecule has 8 saturated heterocycles. The first-order chi connectivity index (χ1) is 41.5. The van der Waals surface area contributed by atoms with Gasteiger partial charge in [0, 0.05) is 35.8 Å². The van der Waals surface area contributed by atoms with Crippen molar-refractivity contribution in [3.63, 3.8) is 0 Å². The highest BCUT2D eigenvalue weighted by Gasteiger charge is 2.62. The summed E-state index contributed by atoms with van der Waals surface area (Å²) in [6.45, 7) is 29.1. The van der Waals surface area contributed by atoms with Gasteiger partial charge in [-0.2, -0.15) is 16.7 Å². The lowest BCUT2D eigenvalue weighted by atomic mass is 9.74. The van der Waals surface area contributed by atoms with E-state index in [1.165, 1.54) is 33.1 Å². The van der Waals surface area contributed by atoms with E-state index < -0.39 is 47.8 Å². The normalized spacial score (nSPS) is 29.8. The summed E-state index contributed by atoms with van der Waals surface area (Å²) in [5.41, 5.74) is 3.78. The minimum atomic E-state index is -1.15. The molecule has 2 aromatic rings. The van der Waals surface area contributed by atoms with Crippen LogP contribution < -0.4 is 21.3 Å². The van der Waals surface area contributed by atoms with E-state index >= 15 is 0 Å². The van der Waals surface area contributed by atoms with Gasteiger partial charge in [-0.15, -0.1) is 6.58 Å². The SMILES string of the molecule is C=CCOOC(=O)C(C)C1C(=O)N2C(C(=O)OCC=C)=C(COc3ccc(CC[N+]45CC[N+](CC(=O)ON)(CC4)CC5)cc3I)[C@H](C)C12.CC(O)C1C(=O)N2C(C(=O)O)=C(COc3ccc(CC[N+]45CC[N+](CC(=O)ON)(CC4)CC5)cc3I)[C@H](C)C12. The van der Waals surface area contributed by atoms with Crippen LogP contribution in [0.4, 0.5) is 0 Å². The summed E-state index contributed by atoms with van der Waals surface area (Å²) in [5, 5.41) is 19.9. The number of nitrogens with zero attached hydrogens (tertiary/aromatic N) is 6. The second kappa shape index (κ2) is 27.3. The maximum atomic E-state index is 13.4. The average Bonchev–Trinajstić information content (AvgIpc) is 1.60. The van der Waals surface area contributed by atoms with Crippen LogP contribution in [0, 0.1) is 36.7 Å². The first-order valence-corrected chi connectivity index (χ1v) is 31.9. The van der Waals surface area contributed by atoms with Crippen molar-refractivity contribution in [3.05, 3.63) is 103 Å². The predicted molar refractivity (Wildman–Crippen MR) is 329 cm³/mol. The van der Waals surface area contributed by atoms with Crippen molar-refractivity contribution in [3.8, 4) is 11.5 Å². The third-order valence-corrected chi connectivity index (χ3v) is 21.8. The Morgan fingerprint density at radius 3 is 1.48 bits per heavy atom. The van der Waals surface area contributed by atoms with Gasteiger partial charge in [-0.25, -0.2) is 24.0 Å². The number of nitrogens with two attached hydrogens (primary N) is 2. The van der Waals surface area contributed by atoms with Gasteiger partial charge in [-0.1, -0.05) is 51.6 Å². The van der Waals surface area contributed by atoms with Gasteiger partial charge in [0.25, 0.3) is 0 Å². The number of hydrogen-bond donors (Lipinski definition) is 4. The molecule has 2 aromatic carbocycles. The minimum Gasteiger partial charge on any atom is -0.488 e. The lowest BCUT2D eigenvalue weighted by molar-refractivity contribution is -1.08. The fourth-order valence-corrected chi connectivity index (χ4v) is 16.0. The van der Waals surface area contributed by atoms with Crippen molar-refractivity contribution in [1.29, 1.82) is 0 Å². The molecular weight excluding hydrogens is 1350 g/mol. The van der Waals surface area contributed by atoms with Crippen LogP contribution in [-0.2, 0) is 70.6 Å². The fourth-order valence-electron chi connectivity index (χ4n) is 14.6. The number of carbonyl (C=O) groups is 7. The van der Waals surface area contributed by atoms with E-state index in [2.05, 4.69) is 92.3 Å². The molecule has 0 spiro atoms. The van der Waals surface area contributed by atoms with Crippen molar-refractivity contribution in [2.24, 2.45) is 41.4 Å². The number of amides is 2. The maximum absolute atomic E-state index is 13.4. The van der Waals surface area contributed by atoms with Gasteiger partial charge in [0.15, 0.2) is 13.1 Å². The third kappa shape index (κ3) is 13.5. The molecule has 26 heteroatoms. The number of fused-ring (bicyclic) bond motifs is 8. The molecule has 10 heterocycles. The smallest absolute Gasteiger partial charge is 0.380 e. The Morgan fingerprint density at radius 1 is 0.655 bits per heavy atom. The molecule has 10 aliphatic heterocycles. The molecule has 0 radical (unpaired) electrons. The van der Waals surface area contributed by atoms with Crippen LogP contribution in [0.25, 0.3) is 0 Å². The molecule has 6 unspecified atom stereocenters. The second-order valence-corrected chi connectivity index (χ2v) is 27.2. The first-order valence-electron chi connectivity index (χ1n) is 29.8. The second-order valence-electron chi connectivity index (χ2n) is 24.9. The van der Waals surface area contributed by atoms with E-state index in [1.807, 2.05) is 26.0 Å². The Hall–Kier alpha value is -5.57. The molecule has 10 aliphatic rings. The summed E-state index contributed by atoms with van der Waals surface area (Å²) in [5.74, 6) is 5.11. The number of aliphatic hydroxyl groups is 1. The highest BCUT2D eigenvalue weighted by Crippen LogP contribution is 2.50. The molecule has 8 atom stereocenters. The molecule has 4 bridgehead atoms. The van der Waals surface area contributed by atoms with Crippen molar-refractivity contribution < 1.29 is 95.4 Å². The Morgan fingerprint density at radius 2 is 1.07 bits per heavy atom. The molecule has 6 N–H and O–H groups in total. The van der Waals surface area contributed by atoms with Crippen LogP contribution >= 0.6 is 45.2 Å². The monoisotopic (exact) mass is 1440 g/mol. The summed E-state index contributed by atoms with van der Waals surface area (Å²) >= 11 is 4.51. The zero-order chi connectivity index (χ0) is 62.8. The van der Waals surface area contributed by atoms with Crippen LogP contribution in [0.15, 0.2) is 84.2 Å². The minimum absolute atomic E-state index is 0.00731. The summed E-state index contributed by atoms with van der Waals surface area (Å²) in [7, 11) is 0. The molecule has 87 heavy (non-hydrogen) atoms. The Balaban J connectivity index is 0.000000212. The molecule has 0 aliphatic carbocycles. The molecule has 0 saturated carbocycles. The van der Waals surface area contributed by atoms with Gasteiger partial charge < -0.3 is 61.8 Å². The number of quaternary nitrogens is 4. The van der Waals surface area contributed by atoms with E-state index in [4.69, 9.17) is 35.8 Å². The Bertz CT molecular complexity index is 3070. The van der Waals surface area contributed by atoms with Crippen molar-refractivity contribution in [1.82, 2.24) is 9.80 Å². The maximum Gasteiger partial charge on any atom is 0.380 e. The summed E-state index contributed by atoms with van der Waals surface area (Å²) in [6, 6.07) is 11.5. The number of aliphatic carboxylic acids is 1. The summed E-state index contributed by atoms with van der Waals surface area (Å²) in [6.07, 6.45) is 3.93. The number of benzene rings is 2. The molecule has 0 aromatic heterocycles. The highest BCUT2D eigenvalue weighted by molar-refractivity contribution is 14.1. The number of hydrogen-bond acceptors (Lipinski definition) is 17. The van der Waals surface area contributed by atoms with E-state index in [9.17, 15) is 43.8 Å². The van der Waals surface area contributed by atoms with Gasteiger partial charge in [0.2, 0.25) is 11.8 Å². The molecule has 24 nitrogen and oxygen atoms in total. The van der Waals surface area contributed by atoms with E-state index in [0.717, 1.165) is 130 Å². The number of carboxylic acid groups (broad SMARTS) is 1. The average molecular weight is 1440 g/mol. The zero-order valence-electron chi connectivity index (χ0n) is 49.9. The number of aliphatic hydroxyl groups excluding tert-OH is 1. The lowest BCUT2D eigenvalue weighted by Gasteiger charge is -2.55. The van der Waals surface area contributed by atoms with E-state index in [1.54, 1.807) is 13.8 Å². The number of carboxylic acids is 1. The van der Waals surface area contributed by atoms with Gasteiger partial charge in [0.1, 0.15) is 128 Å². The Labute approximate surface area is 534 Å². The molecular formula is C61H82I2N8O16+4. The van der Waals surface area contributed by atoms with E-state index in [0.29, 0.717) is 35.7 Å². The molecule has 472 valence electrons. The third-order valence-electron chi connectivity index (χ3n) is 20.1. The van der Waals surface area contributed by atoms with Crippen LogP contribution in [0.5, 0.6) is 11.5 Å². The number of rotatable bonds is 26. The molecule has 2 amide bonds. The summed E-state index contributed by atoms with van der Waals surface area (Å²) < 4.78 is 23.3. The summed E-state index contributed by atoms with van der Waals surface area (Å²) in [4.78, 5) is 109. The van der Waals surface area contributed by atoms with Crippen molar-refractivity contribution >= 4 is 86.8 Å². The van der Waals surface area contributed by atoms with Crippen molar-refractivity contribution in [2.45, 2.75) is 58.7 Å². The number of piperazine rings is 6. The standard InChI is InChI=1S/C34H45IN4O9.C27H36IN4O7/c1-5-17-44-34(43)31-25(22(3)30-29(32(41)37(30)31)23(4)33(42)48-46-18-6-2)21-45-27-8-7-24(19-26(27)35)9-10-38-11-14-39(15-12-38,16-13-38)20-28(40)47-36;1-16-19(25(27(36)37)30-24(16)23(17(2)33)26(30)35)15-38-21-4-3-18(13-20(21)28)5-6-31-7-10-32(11-8-31,12-9-31)14-22(34)39-29/h5-8,19,22-23,29-30H,1-2,9-18,20-21,36H2,3-4H3;3-4,13,16-17,23-24,33H,5-12,14-15,29H2,1-2H3/q+2;+1/p+1/t22-,23?,29?,30?,38?,39?;16-,17?,23?,24?,31?,32?/m00/s1. The molecule has 12 rings (SSSR count). The zero-order valence-corrected chi connectivity index (χ0v) is 54.2. The number of halogens is 2. The van der Waals surface area contributed by atoms with Gasteiger partial charge in [0.05, 0.1) is 56.2 Å². The molecule has 8 fully saturated rings. The van der Waals surface area contributed by atoms with Gasteiger partial charge >= 0.3 is 29.8 Å². The van der Waals surface area contributed by atoms with Crippen LogP contribution in [-0.4, -0.2) is 229 Å². The fraction of sp³-hybridized carbons (Fsp3) is 0.557. The topological polar surface area (TPSA) is 283 Å². The van der Waals surface area contributed by atoms with Crippen LogP contribution in [0.2, 0.25) is 0 Å². The number of ether oxygens (including phenoxy) is 3. The number of esters is 1. The Kier molecular flexibility index (Phi) is 20.6. The number of β-lactam (4-membered cyclic amide) rings is 2. The predicted octanol–water partition coefficient (Wildman–Crippen LogP) is 2.53. The van der Waals surface area contributed by atoms with Gasteiger partial charge in [-0.05, 0) is 87.5 Å². The first kappa shape index (κ1) is 65.9. The number of carbonyl (C=O) groups excluding carboxylic acids is 6. The quantitative estimate of drug-likeness (QED) is 0.0154. The van der Waals surface area contributed by atoms with Crippen LogP contribution in [0.3, 0.4) is 0 Å². The van der Waals surface area contributed by atoms with E-state index in [-0.39, 0.29) is 79.5 Å².